The predicted octanol–water partition coefficient (Wildman–Crippen LogP) is 2.28. The Hall–Kier alpha value is -2.41. The zero-order chi connectivity index (χ0) is 15.7. The van der Waals surface area contributed by atoms with Crippen LogP contribution in [0.25, 0.3) is 22.4 Å². The van der Waals surface area contributed by atoms with E-state index in [4.69, 9.17) is 4.42 Å². The standard InChI is InChI=1S/C15H15N3O3S/c1-3-13(19)16-7-14-17-10(8-22-14)9-4-5-11-12(6-9)21-15(20)18(11)2/h4-6,8H,3,7H2,1-2H3,(H,16,19). The Bertz CT molecular complexity index is 891. The van der Waals surface area contributed by atoms with Gasteiger partial charge in [-0.25, -0.2) is 9.78 Å². The number of oxazole rings is 1. The third-order valence-corrected chi connectivity index (χ3v) is 4.25. The normalized spacial score (nSPS) is 11.0. The van der Waals surface area contributed by atoms with Crippen molar-refractivity contribution in [2.24, 2.45) is 7.05 Å². The molecule has 3 aromatic rings. The van der Waals surface area contributed by atoms with E-state index in [1.807, 2.05) is 24.4 Å². The third kappa shape index (κ3) is 2.67. The molecule has 0 saturated carbocycles. The second-order valence-corrected chi connectivity index (χ2v) is 5.81. The predicted molar refractivity (Wildman–Crippen MR) is 84.7 cm³/mol. The molecule has 0 unspecified atom stereocenters. The molecule has 1 amide bonds. The molecule has 0 aliphatic rings. The summed E-state index contributed by atoms with van der Waals surface area (Å²) in [6, 6.07) is 5.55. The zero-order valence-electron chi connectivity index (χ0n) is 12.3. The molecule has 0 saturated heterocycles. The van der Waals surface area contributed by atoms with E-state index in [-0.39, 0.29) is 11.7 Å². The maximum absolute atomic E-state index is 11.5. The molecule has 114 valence electrons. The topological polar surface area (TPSA) is 77.1 Å². The van der Waals surface area contributed by atoms with Crippen LogP contribution < -0.4 is 11.1 Å². The summed E-state index contributed by atoms with van der Waals surface area (Å²) in [4.78, 5) is 27.3. The van der Waals surface area contributed by atoms with Crippen molar-refractivity contribution in [1.82, 2.24) is 14.9 Å². The summed E-state index contributed by atoms with van der Waals surface area (Å²) in [6.45, 7) is 2.24. The fourth-order valence-corrected chi connectivity index (χ4v) is 2.86. The molecule has 0 bridgehead atoms. The molecule has 2 heterocycles. The molecule has 2 aromatic heterocycles. The first-order chi connectivity index (χ1) is 10.6. The van der Waals surface area contributed by atoms with E-state index in [0.717, 1.165) is 21.8 Å². The number of fused-ring (bicyclic) bond motifs is 1. The number of carbonyl (C=O) groups is 1. The van der Waals surface area contributed by atoms with Crippen LogP contribution in [0.2, 0.25) is 0 Å². The Morgan fingerprint density at radius 3 is 3.05 bits per heavy atom. The van der Waals surface area contributed by atoms with Crippen LogP contribution in [0.15, 0.2) is 32.8 Å². The molecule has 7 heteroatoms. The second kappa shape index (κ2) is 5.76. The number of nitrogens with one attached hydrogen (secondary N) is 1. The number of hydrogen-bond acceptors (Lipinski definition) is 5. The summed E-state index contributed by atoms with van der Waals surface area (Å²) < 4.78 is 6.65. The molecule has 0 fully saturated rings. The molecule has 0 radical (unpaired) electrons. The lowest BCUT2D eigenvalue weighted by Gasteiger charge is -1.99. The molecular formula is C15H15N3O3S. The van der Waals surface area contributed by atoms with Crippen molar-refractivity contribution in [3.05, 3.63) is 39.1 Å². The zero-order valence-corrected chi connectivity index (χ0v) is 13.1. The van der Waals surface area contributed by atoms with Gasteiger partial charge in [0.2, 0.25) is 5.91 Å². The molecule has 0 atom stereocenters. The van der Waals surface area contributed by atoms with Crippen LogP contribution in [0.3, 0.4) is 0 Å². The van der Waals surface area contributed by atoms with Gasteiger partial charge in [-0.05, 0) is 12.1 Å². The highest BCUT2D eigenvalue weighted by molar-refractivity contribution is 7.09. The largest absolute Gasteiger partial charge is 0.419 e. The maximum Gasteiger partial charge on any atom is 0.419 e. The van der Waals surface area contributed by atoms with Crippen LogP contribution in [0, 0.1) is 0 Å². The van der Waals surface area contributed by atoms with Crippen molar-refractivity contribution in [3.63, 3.8) is 0 Å². The molecule has 6 nitrogen and oxygen atoms in total. The van der Waals surface area contributed by atoms with Crippen molar-refractivity contribution in [2.45, 2.75) is 19.9 Å². The number of thiazole rings is 1. The minimum atomic E-state index is -0.381. The molecular weight excluding hydrogens is 302 g/mol. The van der Waals surface area contributed by atoms with Gasteiger partial charge in [-0.1, -0.05) is 13.0 Å². The van der Waals surface area contributed by atoms with Crippen molar-refractivity contribution < 1.29 is 9.21 Å². The Morgan fingerprint density at radius 1 is 1.45 bits per heavy atom. The summed E-state index contributed by atoms with van der Waals surface area (Å²) in [6.07, 6.45) is 0.460. The van der Waals surface area contributed by atoms with Crippen LogP contribution in [0.5, 0.6) is 0 Å². The smallest absolute Gasteiger partial charge is 0.408 e. The van der Waals surface area contributed by atoms with Gasteiger partial charge in [-0.15, -0.1) is 11.3 Å². The number of nitrogens with zero attached hydrogens (tertiary/aromatic N) is 2. The minimum Gasteiger partial charge on any atom is -0.408 e. The first-order valence-electron chi connectivity index (χ1n) is 6.89. The average Bonchev–Trinajstić information content (AvgIpc) is 3.10. The van der Waals surface area contributed by atoms with E-state index in [2.05, 4.69) is 10.3 Å². The summed E-state index contributed by atoms with van der Waals surface area (Å²) in [7, 11) is 1.67. The van der Waals surface area contributed by atoms with Gasteiger partial charge in [0.05, 0.1) is 17.8 Å². The summed E-state index contributed by atoms with van der Waals surface area (Å²) in [5.74, 6) is -0.377. The molecule has 1 aromatic carbocycles. The molecule has 0 aliphatic carbocycles. The van der Waals surface area contributed by atoms with Crippen LogP contribution in [-0.2, 0) is 18.4 Å². The number of aryl methyl sites for hydroxylation is 1. The number of carbonyl (C=O) groups excluding carboxylic acids is 1. The van der Waals surface area contributed by atoms with E-state index in [0.29, 0.717) is 18.5 Å². The monoisotopic (exact) mass is 317 g/mol. The molecule has 1 N–H and O–H groups in total. The molecule has 3 rings (SSSR count). The highest BCUT2D eigenvalue weighted by Crippen LogP contribution is 2.25. The van der Waals surface area contributed by atoms with Gasteiger partial charge in [0.15, 0.2) is 5.58 Å². The van der Waals surface area contributed by atoms with E-state index in [1.165, 1.54) is 15.9 Å². The second-order valence-electron chi connectivity index (χ2n) is 4.87. The Labute approximate surface area is 130 Å². The SMILES string of the molecule is CCC(=O)NCc1nc(-c2ccc3c(c2)oc(=O)n3C)cs1. The number of aromatic nitrogens is 2. The minimum absolute atomic E-state index is 0.00392. The Kier molecular flexibility index (Phi) is 3.81. The molecule has 22 heavy (non-hydrogen) atoms. The van der Waals surface area contributed by atoms with Crippen LogP contribution >= 0.6 is 11.3 Å². The summed E-state index contributed by atoms with van der Waals surface area (Å²) in [5, 5.41) is 5.57. The van der Waals surface area contributed by atoms with Crippen LogP contribution in [-0.4, -0.2) is 15.5 Å². The van der Waals surface area contributed by atoms with Gasteiger partial charge < -0.3 is 9.73 Å². The lowest BCUT2D eigenvalue weighted by atomic mass is 10.1. The number of rotatable bonds is 4. The quantitative estimate of drug-likeness (QED) is 0.801. The lowest BCUT2D eigenvalue weighted by Crippen LogP contribution is -2.21. The van der Waals surface area contributed by atoms with Crippen LogP contribution in [0.1, 0.15) is 18.4 Å². The maximum atomic E-state index is 11.5. The van der Waals surface area contributed by atoms with Gasteiger partial charge in [0.1, 0.15) is 5.01 Å². The van der Waals surface area contributed by atoms with E-state index < -0.39 is 0 Å². The summed E-state index contributed by atoms with van der Waals surface area (Å²) in [5.41, 5.74) is 2.98. The van der Waals surface area contributed by atoms with Crippen molar-refractivity contribution in [2.75, 3.05) is 0 Å². The van der Waals surface area contributed by atoms with Gasteiger partial charge in [0.25, 0.3) is 0 Å². The molecule has 0 spiro atoms. The first kappa shape index (κ1) is 14.5. The average molecular weight is 317 g/mol. The third-order valence-electron chi connectivity index (χ3n) is 3.40. The summed E-state index contributed by atoms with van der Waals surface area (Å²) >= 11 is 1.49. The first-order valence-corrected chi connectivity index (χ1v) is 7.77. The number of benzene rings is 1. The number of hydrogen-bond donors (Lipinski definition) is 1. The van der Waals surface area contributed by atoms with Crippen molar-refractivity contribution in [1.29, 1.82) is 0 Å². The van der Waals surface area contributed by atoms with Gasteiger partial charge in [0, 0.05) is 24.4 Å². The van der Waals surface area contributed by atoms with Gasteiger partial charge in [-0.3, -0.25) is 9.36 Å². The van der Waals surface area contributed by atoms with Crippen molar-refractivity contribution >= 4 is 28.3 Å². The van der Waals surface area contributed by atoms with E-state index >= 15 is 0 Å². The lowest BCUT2D eigenvalue weighted by molar-refractivity contribution is -0.120. The highest BCUT2D eigenvalue weighted by Gasteiger charge is 2.10. The number of amides is 1. The van der Waals surface area contributed by atoms with E-state index in [1.54, 1.807) is 13.1 Å². The fourth-order valence-electron chi connectivity index (χ4n) is 2.12. The van der Waals surface area contributed by atoms with Gasteiger partial charge in [-0.2, -0.15) is 0 Å². The molecule has 0 aliphatic heterocycles. The van der Waals surface area contributed by atoms with Crippen molar-refractivity contribution in [3.8, 4) is 11.3 Å². The Morgan fingerprint density at radius 2 is 2.27 bits per heavy atom. The Balaban J connectivity index is 1.86. The highest BCUT2D eigenvalue weighted by atomic mass is 32.1. The van der Waals surface area contributed by atoms with E-state index in [9.17, 15) is 9.59 Å². The van der Waals surface area contributed by atoms with Gasteiger partial charge >= 0.3 is 5.76 Å². The van der Waals surface area contributed by atoms with Crippen LogP contribution in [0.4, 0.5) is 0 Å². The fraction of sp³-hybridized carbons (Fsp3) is 0.267.